The molecule has 0 bridgehead atoms. The SMILES string of the molecule is O=C(NCCc1ccc(Cl)cc1)[C@@H]1CCC(=O)N1CCc1ccccc1. The standard InChI is InChI=1S/C21H23ClN2O2/c22-18-8-6-17(7-9-18)12-14-23-21(26)19-10-11-20(25)24(19)15-13-16-4-2-1-3-5-16/h1-9,19H,10-15H2,(H,23,26)/t19-/m0/s1. The average Bonchev–Trinajstić information content (AvgIpc) is 3.03. The van der Waals surface area contributed by atoms with Crippen LogP contribution in [-0.4, -0.2) is 35.8 Å². The van der Waals surface area contributed by atoms with Crippen LogP contribution in [0.25, 0.3) is 0 Å². The Kier molecular flexibility index (Phi) is 6.29. The van der Waals surface area contributed by atoms with Gasteiger partial charge in [-0.25, -0.2) is 0 Å². The van der Waals surface area contributed by atoms with E-state index >= 15 is 0 Å². The number of carbonyl (C=O) groups is 2. The van der Waals surface area contributed by atoms with Gasteiger partial charge < -0.3 is 10.2 Å². The number of benzene rings is 2. The van der Waals surface area contributed by atoms with Crippen molar-refractivity contribution in [2.75, 3.05) is 13.1 Å². The van der Waals surface area contributed by atoms with Gasteiger partial charge in [-0.1, -0.05) is 54.1 Å². The zero-order valence-corrected chi connectivity index (χ0v) is 15.4. The van der Waals surface area contributed by atoms with Gasteiger partial charge in [0.05, 0.1) is 0 Å². The maximum absolute atomic E-state index is 12.5. The summed E-state index contributed by atoms with van der Waals surface area (Å²) in [7, 11) is 0. The molecule has 2 aromatic rings. The van der Waals surface area contributed by atoms with Gasteiger partial charge in [0.15, 0.2) is 0 Å². The molecule has 0 radical (unpaired) electrons. The van der Waals surface area contributed by atoms with Gasteiger partial charge >= 0.3 is 0 Å². The van der Waals surface area contributed by atoms with Gasteiger partial charge in [0.25, 0.3) is 0 Å². The lowest BCUT2D eigenvalue weighted by molar-refractivity contribution is -0.135. The molecule has 0 aromatic heterocycles. The molecule has 1 aliphatic heterocycles. The summed E-state index contributed by atoms with van der Waals surface area (Å²) in [6.45, 7) is 1.13. The van der Waals surface area contributed by atoms with Crippen molar-refractivity contribution in [2.45, 2.75) is 31.7 Å². The molecular weight excluding hydrogens is 348 g/mol. The molecule has 0 unspecified atom stereocenters. The summed E-state index contributed by atoms with van der Waals surface area (Å²) in [6, 6.07) is 17.3. The largest absolute Gasteiger partial charge is 0.354 e. The maximum Gasteiger partial charge on any atom is 0.242 e. The summed E-state index contributed by atoms with van der Waals surface area (Å²) < 4.78 is 0. The fourth-order valence-electron chi connectivity index (χ4n) is 3.28. The van der Waals surface area contributed by atoms with E-state index in [9.17, 15) is 9.59 Å². The summed E-state index contributed by atoms with van der Waals surface area (Å²) in [5.74, 6) is 0.0108. The lowest BCUT2D eigenvalue weighted by Gasteiger charge is -2.24. The summed E-state index contributed by atoms with van der Waals surface area (Å²) >= 11 is 5.88. The maximum atomic E-state index is 12.5. The van der Waals surface area contributed by atoms with Gasteiger partial charge in [0, 0.05) is 24.5 Å². The molecule has 0 saturated carbocycles. The van der Waals surface area contributed by atoms with Crippen LogP contribution in [0.4, 0.5) is 0 Å². The van der Waals surface area contributed by atoms with E-state index in [-0.39, 0.29) is 17.9 Å². The Balaban J connectivity index is 1.50. The van der Waals surface area contributed by atoms with Crippen LogP contribution in [0.5, 0.6) is 0 Å². The van der Waals surface area contributed by atoms with E-state index in [0.29, 0.717) is 31.0 Å². The van der Waals surface area contributed by atoms with Gasteiger partial charge in [0.2, 0.25) is 11.8 Å². The number of nitrogens with one attached hydrogen (secondary N) is 1. The van der Waals surface area contributed by atoms with Gasteiger partial charge in [-0.3, -0.25) is 9.59 Å². The van der Waals surface area contributed by atoms with Crippen molar-refractivity contribution in [2.24, 2.45) is 0 Å². The van der Waals surface area contributed by atoms with Crippen molar-refractivity contribution < 1.29 is 9.59 Å². The monoisotopic (exact) mass is 370 g/mol. The highest BCUT2D eigenvalue weighted by molar-refractivity contribution is 6.30. The minimum Gasteiger partial charge on any atom is -0.354 e. The molecule has 0 spiro atoms. The molecular formula is C21H23ClN2O2. The first-order valence-corrected chi connectivity index (χ1v) is 9.37. The van der Waals surface area contributed by atoms with Crippen molar-refractivity contribution in [3.8, 4) is 0 Å². The number of nitrogens with zero attached hydrogens (tertiary/aromatic N) is 1. The number of halogens is 1. The van der Waals surface area contributed by atoms with Crippen molar-refractivity contribution in [1.29, 1.82) is 0 Å². The minimum absolute atomic E-state index is 0.0575. The second-order valence-electron chi connectivity index (χ2n) is 6.54. The third kappa shape index (κ3) is 4.85. The highest BCUT2D eigenvalue weighted by Gasteiger charge is 2.35. The summed E-state index contributed by atoms with van der Waals surface area (Å²) in [5.41, 5.74) is 2.30. The lowest BCUT2D eigenvalue weighted by atomic mass is 10.1. The van der Waals surface area contributed by atoms with Crippen LogP contribution >= 0.6 is 11.6 Å². The highest BCUT2D eigenvalue weighted by Crippen LogP contribution is 2.19. The Morgan fingerprint density at radius 1 is 1.04 bits per heavy atom. The van der Waals surface area contributed by atoms with Gasteiger partial charge in [-0.15, -0.1) is 0 Å². The number of hydrogen-bond donors (Lipinski definition) is 1. The van der Waals surface area contributed by atoms with E-state index in [0.717, 1.165) is 18.4 Å². The average molecular weight is 371 g/mol. The van der Waals surface area contributed by atoms with E-state index in [1.165, 1.54) is 5.56 Å². The first-order chi connectivity index (χ1) is 12.6. The van der Waals surface area contributed by atoms with E-state index < -0.39 is 0 Å². The minimum atomic E-state index is -0.351. The molecule has 1 fully saturated rings. The van der Waals surface area contributed by atoms with Gasteiger partial charge in [0.1, 0.15) is 6.04 Å². The highest BCUT2D eigenvalue weighted by atomic mass is 35.5. The predicted molar refractivity (Wildman–Crippen MR) is 103 cm³/mol. The summed E-state index contributed by atoms with van der Waals surface area (Å²) in [5, 5.41) is 3.68. The van der Waals surface area contributed by atoms with E-state index in [4.69, 9.17) is 11.6 Å². The first-order valence-electron chi connectivity index (χ1n) is 8.99. The smallest absolute Gasteiger partial charge is 0.242 e. The molecule has 2 aromatic carbocycles. The Labute approximate surface area is 159 Å². The zero-order valence-electron chi connectivity index (χ0n) is 14.7. The molecule has 2 amide bonds. The van der Waals surface area contributed by atoms with Crippen molar-refractivity contribution in [3.05, 3.63) is 70.7 Å². The second-order valence-corrected chi connectivity index (χ2v) is 6.98. The van der Waals surface area contributed by atoms with Crippen molar-refractivity contribution >= 4 is 23.4 Å². The summed E-state index contributed by atoms with van der Waals surface area (Å²) in [4.78, 5) is 26.4. The van der Waals surface area contributed by atoms with Crippen LogP contribution in [0.15, 0.2) is 54.6 Å². The van der Waals surface area contributed by atoms with Crippen LogP contribution in [0.2, 0.25) is 5.02 Å². The van der Waals surface area contributed by atoms with E-state index in [1.54, 1.807) is 4.90 Å². The number of likely N-dealkylation sites (tertiary alicyclic amines) is 1. The Morgan fingerprint density at radius 3 is 2.46 bits per heavy atom. The summed E-state index contributed by atoms with van der Waals surface area (Å²) in [6.07, 6.45) is 2.55. The molecule has 1 N–H and O–H groups in total. The van der Waals surface area contributed by atoms with Crippen molar-refractivity contribution in [3.63, 3.8) is 0 Å². The first kappa shape index (κ1) is 18.5. The molecule has 1 aliphatic rings. The zero-order chi connectivity index (χ0) is 18.4. The van der Waals surface area contributed by atoms with E-state index in [1.807, 2.05) is 54.6 Å². The Bertz CT molecular complexity index is 746. The van der Waals surface area contributed by atoms with Crippen LogP contribution in [-0.2, 0) is 22.4 Å². The second kappa shape index (κ2) is 8.86. The molecule has 4 nitrogen and oxygen atoms in total. The number of carbonyl (C=O) groups excluding carboxylic acids is 2. The molecule has 136 valence electrons. The van der Waals surface area contributed by atoms with Gasteiger partial charge in [-0.2, -0.15) is 0 Å². The Morgan fingerprint density at radius 2 is 1.73 bits per heavy atom. The van der Waals surface area contributed by atoms with E-state index in [2.05, 4.69) is 5.32 Å². The molecule has 5 heteroatoms. The number of amides is 2. The molecule has 26 heavy (non-hydrogen) atoms. The van der Waals surface area contributed by atoms with Crippen LogP contribution in [0.1, 0.15) is 24.0 Å². The molecule has 1 atom stereocenters. The van der Waals surface area contributed by atoms with Crippen LogP contribution in [0, 0.1) is 0 Å². The fourth-order valence-corrected chi connectivity index (χ4v) is 3.41. The fraction of sp³-hybridized carbons (Fsp3) is 0.333. The predicted octanol–water partition coefficient (Wildman–Crippen LogP) is 3.23. The molecule has 1 saturated heterocycles. The topological polar surface area (TPSA) is 49.4 Å². The number of hydrogen-bond acceptors (Lipinski definition) is 2. The Hall–Kier alpha value is -2.33. The van der Waals surface area contributed by atoms with Crippen LogP contribution in [0.3, 0.4) is 0 Å². The molecule has 3 rings (SSSR count). The van der Waals surface area contributed by atoms with Crippen molar-refractivity contribution in [1.82, 2.24) is 10.2 Å². The third-order valence-corrected chi connectivity index (χ3v) is 4.99. The van der Waals surface area contributed by atoms with Crippen LogP contribution < -0.4 is 5.32 Å². The normalized spacial score (nSPS) is 16.7. The molecule has 1 heterocycles. The lowest BCUT2D eigenvalue weighted by Crippen LogP contribution is -2.45. The van der Waals surface area contributed by atoms with Gasteiger partial charge in [-0.05, 0) is 42.5 Å². The number of rotatable bonds is 7. The quantitative estimate of drug-likeness (QED) is 0.813. The third-order valence-electron chi connectivity index (χ3n) is 4.74. The molecule has 0 aliphatic carbocycles.